The summed E-state index contributed by atoms with van der Waals surface area (Å²) in [7, 11) is 1.53. The van der Waals surface area contributed by atoms with Crippen molar-refractivity contribution in [2.24, 2.45) is 4.99 Å². The molecule has 0 spiro atoms. The largest absolute Gasteiger partial charge is 0.460 e. The first-order valence-electron chi connectivity index (χ1n) is 8.69. The molecule has 2 aliphatic heterocycles. The maximum absolute atomic E-state index is 13.0. The molecule has 3 rings (SSSR count). The number of methoxy groups -OCH3 is 1. The Kier molecular flexibility index (Phi) is 6.24. The van der Waals surface area contributed by atoms with E-state index in [2.05, 4.69) is 4.99 Å². The zero-order valence-corrected chi connectivity index (χ0v) is 17.0. The molecular weight excluding hydrogens is 388 g/mol. The molecule has 144 valence electrons. The first-order chi connectivity index (χ1) is 13.0. The lowest BCUT2D eigenvalue weighted by atomic mass is 9.94. The van der Waals surface area contributed by atoms with Gasteiger partial charge in [0.25, 0.3) is 0 Å². The molecule has 1 aromatic carbocycles. The number of thioether (sulfide) groups is 1. The second kappa shape index (κ2) is 8.46. The molecule has 0 saturated carbocycles. The summed E-state index contributed by atoms with van der Waals surface area (Å²) in [6.07, 6.45) is 0.681. The van der Waals surface area contributed by atoms with E-state index in [4.69, 9.17) is 21.1 Å². The summed E-state index contributed by atoms with van der Waals surface area (Å²) in [6.45, 7) is 4.13. The Bertz CT molecular complexity index is 824. The average Bonchev–Trinajstić information content (AvgIpc) is 2.96. The highest BCUT2D eigenvalue weighted by Crippen LogP contribution is 2.45. The first kappa shape index (κ1) is 19.9. The Balaban J connectivity index is 2.07. The number of esters is 1. The van der Waals surface area contributed by atoms with Gasteiger partial charge in [0.2, 0.25) is 5.91 Å². The number of rotatable bonds is 6. The van der Waals surface area contributed by atoms with Crippen LogP contribution in [0.1, 0.15) is 31.9 Å². The minimum Gasteiger partial charge on any atom is -0.460 e. The van der Waals surface area contributed by atoms with Gasteiger partial charge in [0, 0.05) is 12.1 Å². The van der Waals surface area contributed by atoms with Crippen molar-refractivity contribution >= 4 is 40.4 Å². The van der Waals surface area contributed by atoms with Crippen LogP contribution in [0, 0.1) is 0 Å². The molecule has 1 amide bonds. The zero-order valence-electron chi connectivity index (χ0n) is 15.4. The van der Waals surface area contributed by atoms with E-state index in [1.807, 2.05) is 25.1 Å². The number of allylic oxidation sites excluding steroid dienone is 1. The van der Waals surface area contributed by atoms with Gasteiger partial charge >= 0.3 is 5.97 Å². The van der Waals surface area contributed by atoms with Crippen molar-refractivity contribution in [1.29, 1.82) is 0 Å². The molecule has 0 N–H and O–H groups in total. The lowest BCUT2D eigenvalue weighted by Crippen LogP contribution is -2.41. The van der Waals surface area contributed by atoms with E-state index in [-0.39, 0.29) is 17.8 Å². The molecule has 0 bridgehead atoms. The van der Waals surface area contributed by atoms with Gasteiger partial charge in [-0.05, 0) is 25.0 Å². The number of ether oxygens (including phenoxy) is 2. The molecule has 2 heterocycles. The van der Waals surface area contributed by atoms with Crippen LogP contribution in [-0.4, -0.2) is 47.5 Å². The molecule has 0 aromatic heterocycles. The van der Waals surface area contributed by atoms with E-state index in [9.17, 15) is 9.59 Å². The van der Waals surface area contributed by atoms with Crippen LogP contribution in [-0.2, 0) is 19.1 Å². The van der Waals surface area contributed by atoms with Gasteiger partial charge in [0.05, 0.1) is 29.2 Å². The molecule has 2 atom stereocenters. The van der Waals surface area contributed by atoms with Crippen LogP contribution < -0.4 is 0 Å². The topological polar surface area (TPSA) is 68.2 Å². The highest BCUT2D eigenvalue weighted by Gasteiger charge is 2.47. The maximum Gasteiger partial charge on any atom is 0.338 e. The van der Waals surface area contributed by atoms with Gasteiger partial charge in [0.1, 0.15) is 6.61 Å². The second-order valence-electron chi connectivity index (χ2n) is 6.17. The number of aliphatic imine (C=N–C) groups is 1. The average molecular weight is 409 g/mol. The third-order valence-electron chi connectivity index (χ3n) is 4.46. The fraction of sp³-hybridized carbons (Fsp3) is 0.421. The molecule has 27 heavy (non-hydrogen) atoms. The highest BCUT2D eigenvalue weighted by molar-refractivity contribution is 8.15. The number of halogens is 1. The number of carbonyl (C=O) groups is 2. The van der Waals surface area contributed by atoms with Gasteiger partial charge in [-0.25, -0.2) is 9.79 Å². The van der Waals surface area contributed by atoms with E-state index in [1.165, 1.54) is 18.9 Å². The number of carbonyl (C=O) groups excluding carboxylic acids is 2. The van der Waals surface area contributed by atoms with E-state index in [0.717, 1.165) is 0 Å². The number of amides is 1. The molecule has 1 aromatic rings. The van der Waals surface area contributed by atoms with Crippen LogP contribution in [0.3, 0.4) is 0 Å². The normalized spacial score (nSPS) is 22.0. The summed E-state index contributed by atoms with van der Waals surface area (Å²) < 4.78 is 10.3. The predicted octanol–water partition coefficient (Wildman–Crippen LogP) is 3.57. The van der Waals surface area contributed by atoms with Gasteiger partial charge in [-0.2, -0.15) is 0 Å². The number of amidine groups is 1. The summed E-state index contributed by atoms with van der Waals surface area (Å²) in [5.74, 6) is -0.587. The quantitative estimate of drug-likeness (QED) is 0.531. The second-order valence-corrected chi connectivity index (χ2v) is 7.75. The number of hydrogen-bond donors (Lipinski definition) is 0. The van der Waals surface area contributed by atoms with Gasteiger partial charge in [-0.1, -0.05) is 48.5 Å². The lowest BCUT2D eigenvalue weighted by molar-refractivity contribution is -0.141. The monoisotopic (exact) mass is 408 g/mol. The van der Waals surface area contributed by atoms with Crippen LogP contribution >= 0.6 is 23.4 Å². The minimum atomic E-state index is -0.655. The summed E-state index contributed by atoms with van der Waals surface area (Å²) in [5, 5.41) is 0.865. The Labute approximate surface area is 167 Å². The van der Waals surface area contributed by atoms with Crippen molar-refractivity contribution < 1.29 is 19.1 Å². The van der Waals surface area contributed by atoms with Gasteiger partial charge in [-0.3, -0.25) is 9.69 Å². The lowest BCUT2D eigenvalue weighted by Gasteiger charge is -2.33. The number of benzene rings is 1. The van der Waals surface area contributed by atoms with Crippen molar-refractivity contribution in [1.82, 2.24) is 4.90 Å². The Morgan fingerprint density at radius 1 is 1.33 bits per heavy atom. The molecule has 6 nitrogen and oxygen atoms in total. The molecule has 1 saturated heterocycles. The molecule has 2 unspecified atom stereocenters. The molecule has 0 radical (unpaired) electrons. The summed E-state index contributed by atoms with van der Waals surface area (Å²) in [5.41, 5.74) is 1.54. The third-order valence-corrected chi connectivity index (χ3v) is 6.13. The fourth-order valence-corrected chi connectivity index (χ4v) is 4.51. The fourth-order valence-electron chi connectivity index (χ4n) is 3.14. The third kappa shape index (κ3) is 3.77. The molecule has 1 fully saturated rings. The van der Waals surface area contributed by atoms with Crippen LogP contribution in [0.25, 0.3) is 0 Å². The Hall–Kier alpha value is -1.83. The summed E-state index contributed by atoms with van der Waals surface area (Å²) in [4.78, 5) is 31.9. The molecule has 2 aliphatic rings. The Morgan fingerprint density at radius 3 is 2.74 bits per heavy atom. The van der Waals surface area contributed by atoms with Crippen molar-refractivity contribution in [2.75, 3.05) is 20.3 Å². The van der Waals surface area contributed by atoms with Crippen molar-refractivity contribution in [2.45, 2.75) is 31.6 Å². The van der Waals surface area contributed by atoms with Crippen LogP contribution in [0.15, 0.2) is 40.5 Å². The molecular formula is C19H21ClN2O4S. The number of fused-ring (bicyclic) bond motifs is 1. The highest BCUT2D eigenvalue weighted by atomic mass is 35.5. The number of nitrogens with zero attached hydrogens (tertiary/aromatic N) is 2. The van der Waals surface area contributed by atoms with E-state index < -0.39 is 12.0 Å². The van der Waals surface area contributed by atoms with Crippen molar-refractivity contribution in [3.63, 3.8) is 0 Å². The standard InChI is InChI=1S/C19H21ClN2O4S/c1-4-14-17(23)22-16(12-7-5-6-8-13(12)20)15(11(2)21-19(22)27-14)18(24)26-10-9-25-3/h5-8,14,16H,4,9-10H2,1-3H3. The predicted molar refractivity (Wildman–Crippen MR) is 106 cm³/mol. The minimum absolute atomic E-state index is 0.0686. The van der Waals surface area contributed by atoms with Crippen molar-refractivity contribution in [3.8, 4) is 0 Å². The van der Waals surface area contributed by atoms with E-state index >= 15 is 0 Å². The van der Waals surface area contributed by atoms with Crippen LogP contribution in [0.5, 0.6) is 0 Å². The van der Waals surface area contributed by atoms with E-state index in [0.29, 0.717) is 40.1 Å². The van der Waals surface area contributed by atoms with Crippen molar-refractivity contribution in [3.05, 3.63) is 46.1 Å². The summed E-state index contributed by atoms with van der Waals surface area (Å²) in [6, 6.07) is 6.56. The van der Waals surface area contributed by atoms with Crippen LogP contribution in [0.4, 0.5) is 0 Å². The smallest absolute Gasteiger partial charge is 0.338 e. The number of hydrogen-bond acceptors (Lipinski definition) is 6. The zero-order chi connectivity index (χ0) is 19.6. The van der Waals surface area contributed by atoms with E-state index in [1.54, 1.807) is 17.9 Å². The van der Waals surface area contributed by atoms with Gasteiger partial charge < -0.3 is 9.47 Å². The molecule has 0 aliphatic carbocycles. The maximum atomic E-state index is 13.0. The Morgan fingerprint density at radius 2 is 2.07 bits per heavy atom. The molecule has 8 heteroatoms. The van der Waals surface area contributed by atoms with Crippen LogP contribution in [0.2, 0.25) is 5.02 Å². The first-order valence-corrected chi connectivity index (χ1v) is 9.95. The SMILES string of the molecule is CCC1SC2=NC(C)=C(C(=O)OCCOC)C(c3ccccc3Cl)N2C1=O. The summed E-state index contributed by atoms with van der Waals surface area (Å²) >= 11 is 7.85. The van der Waals surface area contributed by atoms with Gasteiger partial charge in [-0.15, -0.1) is 0 Å². The van der Waals surface area contributed by atoms with Gasteiger partial charge in [0.15, 0.2) is 5.17 Å².